The zero-order valence-corrected chi connectivity index (χ0v) is 11.4. The van der Waals surface area contributed by atoms with E-state index in [1.54, 1.807) is 0 Å². The number of benzene rings is 2. The van der Waals surface area contributed by atoms with Crippen molar-refractivity contribution in [2.75, 3.05) is 0 Å². The predicted molar refractivity (Wildman–Crippen MR) is 68.6 cm³/mol. The lowest BCUT2D eigenvalue weighted by atomic mass is 10.0. The normalized spacial score (nSPS) is 10.6. The van der Waals surface area contributed by atoms with Crippen molar-refractivity contribution in [3.8, 4) is 0 Å². The largest absolute Gasteiger partial charge is 0.288 e. The Hall–Kier alpha value is -1.62. The number of hydrogen-bond donors (Lipinski definition) is 0. The van der Waals surface area contributed by atoms with E-state index in [1.165, 1.54) is 25.1 Å². The smallest absolute Gasteiger partial charge is 0.199 e. The third-order valence-electron chi connectivity index (χ3n) is 2.69. The van der Waals surface area contributed by atoms with Crippen LogP contribution in [0.4, 0.5) is 13.2 Å². The molecule has 0 aliphatic carbocycles. The topological polar surface area (TPSA) is 17.1 Å². The Balaban J connectivity index is 2.56. The van der Waals surface area contributed by atoms with Gasteiger partial charge in [-0.1, -0.05) is 22.0 Å². The fraction of sp³-hybridized carbons (Fsp3) is 0.0714. The third-order valence-corrected chi connectivity index (χ3v) is 3.19. The van der Waals surface area contributed by atoms with Crippen molar-refractivity contribution in [1.82, 2.24) is 0 Å². The summed E-state index contributed by atoms with van der Waals surface area (Å²) < 4.78 is 41.2. The highest BCUT2D eigenvalue weighted by Crippen LogP contribution is 2.22. The molecule has 0 radical (unpaired) electrons. The van der Waals surface area contributed by atoms with Gasteiger partial charge in [0.05, 0.1) is 11.1 Å². The van der Waals surface area contributed by atoms with Crippen molar-refractivity contribution in [1.29, 1.82) is 0 Å². The Bertz CT molecular complexity index is 668. The summed E-state index contributed by atoms with van der Waals surface area (Å²) in [4.78, 5) is 12.0. The molecule has 0 N–H and O–H groups in total. The van der Waals surface area contributed by atoms with E-state index in [-0.39, 0.29) is 11.1 Å². The van der Waals surface area contributed by atoms with Crippen LogP contribution in [0.3, 0.4) is 0 Å². The van der Waals surface area contributed by atoms with Crippen molar-refractivity contribution in [3.63, 3.8) is 0 Å². The Morgan fingerprint density at radius 3 is 2.37 bits per heavy atom. The molecule has 0 bridgehead atoms. The third kappa shape index (κ3) is 2.56. The van der Waals surface area contributed by atoms with Gasteiger partial charge in [0, 0.05) is 4.47 Å². The van der Waals surface area contributed by atoms with Crippen LogP contribution < -0.4 is 0 Å². The van der Waals surface area contributed by atoms with Gasteiger partial charge in [0.2, 0.25) is 0 Å². The maximum absolute atomic E-state index is 13.7. The first-order valence-corrected chi connectivity index (χ1v) is 6.15. The summed E-state index contributed by atoms with van der Waals surface area (Å²) in [6.07, 6.45) is 0. The Morgan fingerprint density at radius 1 is 1.00 bits per heavy atom. The summed E-state index contributed by atoms with van der Waals surface area (Å²) in [5.74, 6) is -4.03. The molecule has 0 amide bonds. The van der Waals surface area contributed by atoms with E-state index in [2.05, 4.69) is 15.9 Å². The number of carbonyl (C=O) groups is 1. The minimum Gasteiger partial charge on any atom is -0.288 e. The van der Waals surface area contributed by atoms with Gasteiger partial charge < -0.3 is 0 Å². The molecular weight excluding hydrogens is 321 g/mol. The molecule has 2 rings (SSSR count). The molecule has 0 spiro atoms. The van der Waals surface area contributed by atoms with Gasteiger partial charge in [-0.2, -0.15) is 0 Å². The first kappa shape index (κ1) is 13.8. The highest BCUT2D eigenvalue weighted by Gasteiger charge is 2.21. The summed E-state index contributed by atoms with van der Waals surface area (Å²) in [5.41, 5.74) is -0.708. The second-order valence-electron chi connectivity index (χ2n) is 4.01. The van der Waals surface area contributed by atoms with E-state index in [1.807, 2.05) is 0 Å². The van der Waals surface area contributed by atoms with E-state index < -0.39 is 28.8 Å². The molecule has 2 aromatic carbocycles. The zero-order valence-electron chi connectivity index (χ0n) is 9.81. The van der Waals surface area contributed by atoms with Crippen molar-refractivity contribution in [2.45, 2.75) is 6.92 Å². The van der Waals surface area contributed by atoms with Crippen molar-refractivity contribution in [3.05, 3.63) is 68.9 Å². The van der Waals surface area contributed by atoms with Crippen LogP contribution in [0, 0.1) is 24.4 Å². The van der Waals surface area contributed by atoms with E-state index in [0.29, 0.717) is 4.47 Å². The maximum atomic E-state index is 13.7. The highest BCUT2D eigenvalue weighted by atomic mass is 79.9. The quantitative estimate of drug-likeness (QED) is 0.746. The standard InChI is InChI=1S/C14H8BrF3O/c1-7-2-4-9(13(18)12(7)17)14(19)10-6-8(15)3-5-11(10)16/h2-6H,1H3. The van der Waals surface area contributed by atoms with E-state index in [9.17, 15) is 18.0 Å². The molecule has 0 saturated carbocycles. The van der Waals surface area contributed by atoms with E-state index in [4.69, 9.17) is 0 Å². The first-order chi connectivity index (χ1) is 8.91. The summed E-state index contributed by atoms with van der Waals surface area (Å²) in [5, 5.41) is 0. The number of ketones is 1. The SMILES string of the molecule is Cc1ccc(C(=O)c2cc(Br)ccc2F)c(F)c1F. The second kappa shape index (κ2) is 5.17. The fourth-order valence-electron chi connectivity index (χ4n) is 1.64. The van der Waals surface area contributed by atoms with Crippen LogP contribution in [-0.2, 0) is 0 Å². The van der Waals surface area contributed by atoms with Crippen LogP contribution in [0.15, 0.2) is 34.8 Å². The number of hydrogen-bond acceptors (Lipinski definition) is 1. The summed E-state index contributed by atoms with van der Waals surface area (Å²) in [6.45, 7) is 1.38. The van der Waals surface area contributed by atoms with Gasteiger partial charge in [0.15, 0.2) is 17.4 Å². The fourth-order valence-corrected chi connectivity index (χ4v) is 2.00. The zero-order chi connectivity index (χ0) is 14.2. The van der Waals surface area contributed by atoms with Gasteiger partial charge in [0.25, 0.3) is 0 Å². The first-order valence-electron chi connectivity index (χ1n) is 5.36. The van der Waals surface area contributed by atoms with Crippen LogP contribution in [0.5, 0.6) is 0 Å². The van der Waals surface area contributed by atoms with Crippen LogP contribution in [0.1, 0.15) is 21.5 Å². The molecule has 0 aliphatic rings. The Kier molecular flexibility index (Phi) is 3.75. The lowest BCUT2D eigenvalue weighted by molar-refractivity contribution is 0.103. The van der Waals surface area contributed by atoms with E-state index >= 15 is 0 Å². The minimum absolute atomic E-state index is 0.0868. The van der Waals surface area contributed by atoms with Gasteiger partial charge in [-0.15, -0.1) is 0 Å². The van der Waals surface area contributed by atoms with Crippen LogP contribution in [0.25, 0.3) is 0 Å². The lowest BCUT2D eigenvalue weighted by Gasteiger charge is -2.06. The van der Waals surface area contributed by atoms with Crippen LogP contribution in [0.2, 0.25) is 0 Å². The maximum Gasteiger partial charge on any atom is 0.199 e. The van der Waals surface area contributed by atoms with E-state index in [0.717, 1.165) is 12.1 Å². The lowest BCUT2D eigenvalue weighted by Crippen LogP contribution is -2.09. The molecule has 5 heteroatoms. The molecule has 19 heavy (non-hydrogen) atoms. The summed E-state index contributed by atoms with van der Waals surface area (Å²) in [7, 11) is 0. The Morgan fingerprint density at radius 2 is 1.68 bits per heavy atom. The molecule has 0 heterocycles. The second-order valence-corrected chi connectivity index (χ2v) is 4.93. The van der Waals surface area contributed by atoms with Crippen LogP contribution in [-0.4, -0.2) is 5.78 Å². The molecule has 0 atom stereocenters. The average Bonchev–Trinajstić information content (AvgIpc) is 2.38. The summed E-state index contributed by atoms with van der Waals surface area (Å²) in [6, 6.07) is 6.16. The molecule has 0 aliphatic heterocycles. The predicted octanol–water partition coefficient (Wildman–Crippen LogP) is 4.41. The van der Waals surface area contributed by atoms with Gasteiger partial charge in [-0.3, -0.25) is 4.79 Å². The van der Waals surface area contributed by atoms with Crippen molar-refractivity contribution >= 4 is 21.7 Å². The molecule has 98 valence electrons. The minimum atomic E-state index is -1.26. The van der Waals surface area contributed by atoms with Crippen molar-refractivity contribution < 1.29 is 18.0 Å². The molecule has 1 nitrogen and oxygen atoms in total. The summed E-state index contributed by atoms with van der Waals surface area (Å²) >= 11 is 3.10. The number of carbonyl (C=O) groups excluding carboxylic acids is 1. The molecular formula is C14H8BrF3O. The molecule has 0 unspecified atom stereocenters. The number of halogens is 4. The molecule has 0 saturated heterocycles. The molecule has 0 aromatic heterocycles. The molecule has 0 fully saturated rings. The van der Waals surface area contributed by atoms with Gasteiger partial charge in [-0.05, 0) is 36.8 Å². The molecule has 2 aromatic rings. The Labute approximate surface area is 116 Å². The average molecular weight is 329 g/mol. The van der Waals surface area contributed by atoms with Crippen LogP contribution >= 0.6 is 15.9 Å². The van der Waals surface area contributed by atoms with Gasteiger partial charge in [0.1, 0.15) is 5.82 Å². The van der Waals surface area contributed by atoms with Gasteiger partial charge >= 0.3 is 0 Å². The number of rotatable bonds is 2. The van der Waals surface area contributed by atoms with Crippen molar-refractivity contribution in [2.24, 2.45) is 0 Å². The van der Waals surface area contributed by atoms with Gasteiger partial charge in [-0.25, -0.2) is 13.2 Å². The monoisotopic (exact) mass is 328 g/mol. The highest BCUT2D eigenvalue weighted by molar-refractivity contribution is 9.10. The number of aryl methyl sites for hydroxylation is 1.